The first-order chi connectivity index (χ1) is 14.4. The van der Waals surface area contributed by atoms with Crippen molar-refractivity contribution in [2.75, 3.05) is 13.1 Å². The van der Waals surface area contributed by atoms with Gasteiger partial charge < -0.3 is 14.9 Å². The van der Waals surface area contributed by atoms with Crippen LogP contribution in [0, 0.1) is 12.8 Å². The first-order valence-electron chi connectivity index (χ1n) is 10.0. The molecule has 3 aliphatic heterocycles. The number of carboxylic acids is 2. The lowest BCUT2D eigenvalue weighted by atomic mass is 9.77. The molecular weight excluding hydrogens is 384 g/mol. The summed E-state index contributed by atoms with van der Waals surface area (Å²) >= 11 is 0. The number of carbonyl (C=O) groups is 2. The van der Waals surface area contributed by atoms with Crippen molar-refractivity contribution in [3.05, 3.63) is 59.8 Å². The monoisotopic (exact) mass is 408 g/mol. The third kappa shape index (κ3) is 4.07. The van der Waals surface area contributed by atoms with Crippen LogP contribution in [0.25, 0.3) is 11.3 Å². The van der Waals surface area contributed by atoms with E-state index < -0.39 is 24.1 Å². The Kier molecular flexibility index (Phi) is 5.55. The summed E-state index contributed by atoms with van der Waals surface area (Å²) in [6.07, 6.45) is 3.81. The van der Waals surface area contributed by atoms with E-state index in [1.165, 1.54) is 5.56 Å². The van der Waals surface area contributed by atoms with Gasteiger partial charge in [-0.05, 0) is 45.0 Å². The predicted octanol–water partition coefficient (Wildman–Crippen LogP) is 2.99. The summed E-state index contributed by atoms with van der Waals surface area (Å²) in [5.74, 6) is -1.77. The molecular formula is C23H24N2O5. The maximum atomic E-state index is 11.8. The average molecular weight is 408 g/mol. The summed E-state index contributed by atoms with van der Waals surface area (Å²) in [5, 5.41) is 18.8. The van der Waals surface area contributed by atoms with E-state index in [0.717, 1.165) is 43.3 Å². The fourth-order valence-corrected chi connectivity index (χ4v) is 4.43. The molecule has 1 aromatic heterocycles. The quantitative estimate of drug-likeness (QED) is 0.709. The fraction of sp³-hybridized carbons (Fsp3) is 0.348. The van der Waals surface area contributed by atoms with E-state index in [-0.39, 0.29) is 11.5 Å². The molecule has 2 atom stereocenters. The van der Waals surface area contributed by atoms with Gasteiger partial charge in [0, 0.05) is 17.6 Å². The number of aliphatic carboxylic acids is 2. The van der Waals surface area contributed by atoms with Gasteiger partial charge in [0.25, 0.3) is 0 Å². The highest BCUT2D eigenvalue weighted by Crippen LogP contribution is 2.38. The number of hydrogen-bond acceptors (Lipinski definition) is 5. The Morgan fingerprint density at radius 3 is 2.37 bits per heavy atom. The Morgan fingerprint density at radius 2 is 1.80 bits per heavy atom. The fourth-order valence-electron chi connectivity index (χ4n) is 4.43. The molecule has 2 N–H and O–H groups in total. The van der Waals surface area contributed by atoms with Crippen LogP contribution in [0.15, 0.2) is 54.2 Å². The molecule has 0 radical (unpaired) electrons. The highest BCUT2D eigenvalue weighted by molar-refractivity contribution is 5.95. The minimum atomic E-state index is -1.27. The van der Waals surface area contributed by atoms with E-state index in [1.54, 1.807) is 6.20 Å². The number of pyridine rings is 1. The van der Waals surface area contributed by atoms with Gasteiger partial charge in [0.1, 0.15) is 11.9 Å². The number of benzene rings is 1. The Hall–Kier alpha value is -3.19. The molecule has 156 valence electrons. The van der Waals surface area contributed by atoms with Crippen molar-refractivity contribution < 1.29 is 24.5 Å². The van der Waals surface area contributed by atoms with Crippen LogP contribution < -0.4 is 4.74 Å². The second-order valence-corrected chi connectivity index (χ2v) is 7.89. The van der Waals surface area contributed by atoms with Crippen LogP contribution in [-0.4, -0.2) is 57.3 Å². The number of carboxylic acid groups (broad SMARTS) is 2. The number of ether oxygens (including phenoxy) is 1. The maximum absolute atomic E-state index is 11.8. The highest BCUT2D eigenvalue weighted by Gasteiger charge is 2.47. The SMILES string of the molecule is Cc1ccc(-c2ccc(O[C@@H]3C4CCN(CC4)C3/C(=C\C(=O)O)C(=O)O)cn2)cc1. The van der Waals surface area contributed by atoms with E-state index in [4.69, 9.17) is 9.84 Å². The van der Waals surface area contributed by atoms with Crippen molar-refractivity contribution in [3.63, 3.8) is 0 Å². The van der Waals surface area contributed by atoms with Crippen molar-refractivity contribution in [1.29, 1.82) is 0 Å². The van der Waals surface area contributed by atoms with Crippen molar-refractivity contribution in [2.24, 2.45) is 5.92 Å². The second-order valence-electron chi connectivity index (χ2n) is 7.89. The van der Waals surface area contributed by atoms with Gasteiger partial charge in [-0.1, -0.05) is 29.8 Å². The Labute approximate surface area is 174 Å². The van der Waals surface area contributed by atoms with Crippen molar-refractivity contribution in [3.8, 4) is 17.0 Å². The van der Waals surface area contributed by atoms with Gasteiger partial charge in [-0.2, -0.15) is 0 Å². The molecule has 4 heterocycles. The first kappa shape index (κ1) is 20.1. The van der Waals surface area contributed by atoms with E-state index in [2.05, 4.69) is 4.98 Å². The summed E-state index contributed by atoms with van der Waals surface area (Å²) in [5.41, 5.74) is 2.87. The number of hydrogen-bond donors (Lipinski definition) is 2. The van der Waals surface area contributed by atoms with E-state index in [9.17, 15) is 14.7 Å². The van der Waals surface area contributed by atoms with Crippen LogP contribution in [0.4, 0.5) is 0 Å². The summed E-state index contributed by atoms with van der Waals surface area (Å²) in [6, 6.07) is 11.2. The van der Waals surface area contributed by atoms with Gasteiger partial charge in [-0.15, -0.1) is 0 Å². The Balaban J connectivity index is 1.59. The molecule has 2 bridgehead atoms. The van der Waals surface area contributed by atoms with Gasteiger partial charge in [-0.25, -0.2) is 9.59 Å². The molecule has 0 saturated carbocycles. The third-order valence-electron chi connectivity index (χ3n) is 5.94. The van der Waals surface area contributed by atoms with E-state index >= 15 is 0 Å². The van der Waals surface area contributed by atoms with Crippen LogP contribution in [0.1, 0.15) is 18.4 Å². The van der Waals surface area contributed by atoms with Gasteiger partial charge in [0.15, 0.2) is 0 Å². The molecule has 7 nitrogen and oxygen atoms in total. The molecule has 1 unspecified atom stereocenters. The predicted molar refractivity (Wildman–Crippen MR) is 110 cm³/mol. The number of piperidine rings is 3. The molecule has 0 amide bonds. The molecule has 2 aromatic rings. The van der Waals surface area contributed by atoms with Crippen LogP contribution in [0.2, 0.25) is 0 Å². The number of nitrogens with zero attached hydrogens (tertiary/aromatic N) is 2. The Bertz CT molecular complexity index is 960. The van der Waals surface area contributed by atoms with E-state index in [1.807, 2.05) is 48.2 Å². The normalized spacial score (nSPS) is 25.7. The molecule has 30 heavy (non-hydrogen) atoms. The standard InChI is InChI=1S/C23H24N2O5/c1-14-2-4-15(5-3-14)19-7-6-17(13-24-19)30-22-16-8-10-25(11-9-16)21(22)18(23(28)29)12-20(26)27/h2-7,12-13,16,21-22H,8-11H2,1H3,(H,26,27)(H,28,29)/b18-12+/t21?,22-/m1/s1. The number of rotatable bonds is 6. The lowest BCUT2D eigenvalue weighted by Gasteiger charge is -2.50. The average Bonchev–Trinajstić information content (AvgIpc) is 2.74. The van der Waals surface area contributed by atoms with E-state index in [0.29, 0.717) is 5.75 Å². The number of aromatic nitrogens is 1. The van der Waals surface area contributed by atoms with Crippen LogP contribution >= 0.6 is 0 Å². The van der Waals surface area contributed by atoms with Gasteiger partial charge in [0.2, 0.25) is 0 Å². The lowest BCUT2D eigenvalue weighted by Crippen LogP contribution is -2.61. The summed E-state index contributed by atoms with van der Waals surface area (Å²) < 4.78 is 6.22. The zero-order chi connectivity index (χ0) is 21.3. The number of aryl methyl sites for hydroxylation is 1. The van der Waals surface area contributed by atoms with Crippen molar-refractivity contribution in [2.45, 2.75) is 31.9 Å². The largest absolute Gasteiger partial charge is 0.487 e. The molecule has 1 aromatic carbocycles. The molecule has 0 spiro atoms. The zero-order valence-electron chi connectivity index (χ0n) is 16.7. The van der Waals surface area contributed by atoms with Gasteiger partial charge >= 0.3 is 11.9 Å². The summed E-state index contributed by atoms with van der Waals surface area (Å²) in [6.45, 7) is 3.51. The molecule has 3 saturated heterocycles. The van der Waals surface area contributed by atoms with Crippen molar-refractivity contribution in [1.82, 2.24) is 9.88 Å². The lowest BCUT2D eigenvalue weighted by molar-refractivity contribution is -0.137. The summed E-state index contributed by atoms with van der Waals surface area (Å²) in [4.78, 5) is 29.5. The molecule has 3 aliphatic rings. The van der Waals surface area contributed by atoms with Crippen LogP contribution in [-0.2, 0) is 9.59 Å². The molecule has 0 aliphatic carbocycles. The van der Waals surface area contributed by atoms with Crippen LogP contribution in [0.5, 0.6) is 5.75 Å². The summed E-state index contributed by atoms with van der Waals surface area (Å²) in [7, 11) is 0. The minimum absolute atomic E-state index is 0.138. The second kappa shape index (κ2) is 8.28. The Morgan fingerprint density at radius 1 is 1.10 bits per heavy atom. The zero-order valence-corrected chi connectivity index (χ0v) is 16.7. The third-order valence-corrected chi connectivity index (χ3v) is 5.94. The first-order valence-corrected chi connectivity index (χ1v) is 10.0. The highest BCUT2D eigenvalue weighted by atomic mass is 16.5. The minimum Gasteiger partial charge on any atom is -0.487 e. The maximum Gasteiger partial charge on any atom is 0.333 e. The topological polar surface area (TPSA) is 100.0 Å². The van der Waals surface area contributed by atoms with Gasteiger partial charge in [0.05, 0.1) is 23.5 Å². The molecule has 7 heteroatoms. The smallest absolute Gasteiger partial charge is 0.333 e. The van der Waals surface area contributed by atoms with Crippen molar-refractivity contribution >= 4 is 11.9 Å². The van der Waals surface area contributed by atoms with Gasteiger partial charge in [-0.3, -0.25) is 9.88 Å². The molecule has 3 fully saturated rings. The van der Waals surface area contributed by atoms with Crippen LogP contribution in [0.3, 0.4) is 0 Å². The number of fused-ring (bicyclic) bond motifs is 3. The molecule has 5 rings (SSSR count).